The van der Waals surface area contributed by atoms with Gasteiger partial charge in [-0.15, -0.1) is 0 Å². The molecule has 0 aromatic heterocycles. The number of hydrogen-bond acceptors (Lipinski definition) is 2. The average Bonchev–Trinajstić information content (AvgIpc) is 2.50. The summed E-state index contributed by atoms with van der Waals surface area (Å²) in [5, 5.41) is 2.57. The van der Waals surface area contributed by atoms with Crippen LogP contribution in [0.2, 0.25) is 5.02 Å². The number of piperidine rings is 1. The van der Waals surface area contributed by atoms with Crippen molar-refractivity contribution < 1.29 is 14.0 Å². The molecule has 1 heterocycles. The van der Waals surface area contributed by atoms with Crippen LogP contribution in [0.1, 0.15) is 33.6 Å². The van der Waals surface area contributed by atoms with Crippen LogP contribution in [0.15, 0.2) is 18.2 Å². The predicted molar refractivity (Wildman–Crippen MR) is 88.8 cm³/mol. The minimum Gasteiger partial charge on any atom is -0.342 e. The van der Waals surface area contributed by atoms with E-state index in [1.54, 1.807) is 11.0 Å². The number of nitrogens with zero attached hydrogens (tertiary/aromatic N) is 1. The Morgan fingerprint density at radius 2 is 1.87 bits per heavy atom. The zero-order valence-electron chi connectivity index (χ0n) is 13.7. The molecule has 4 nitrogen and oxygen atoms in total. The van der Waals surface area contributed by atoms with Gasteiger partial charge in [-0.1, -0.05) is 38.4 Å². The predicted octanol–water partition coefficient (Wildman–Crippen LogP) is 3.70. The van der Waals surface area contributed by atoms with Gasteiger partial charge in [-0.25, -0.2) is 4.39 Å². The number of halogens is 2. The highest BCUT2D eigenvalue weighted by Crippen LogP contribution is 2.26. The number of anilines is 1. The van der Waals surface area contributed by atoms with Crippen LogP contribution in [0.5, 0.6) is 0 Å². The van der Waals surface area contributed by atoms with Gasteiger partial charge in [0.05, 0.1) is 10.7 Å². The van der Waals surface area contributed by atoms with Crippen LogP contribution in [-0.4, -0.2) is 29.8 Å². The third kappa shape index (κ3) is 4.22. The van der Waals surface area contributed by atoms with Gasteiger partial charge >= 0.3 is 0 Å². The molecule has 1 N–H and O–H groups in total. The van der Waals surface area contributed by atoms with Crippen LogP contribution < -0.4 is 5.32 Å². The summed E-state index contributed by atoms with van der Waals surface area (Å²) >= 11 is 5.71. The quantitative estimate of drug-likeness (QED) is 0.892. The second-order valence-corrected chi connectivity index (χ2v) is 7.31. The van der Waals surface area contributed by atoms with Crippen LogP contribution in [0.3, 0.4) is 0 Å². The Morgan fingerprint density at radius 1 is 1.26 bits per heavy atom. The molecule has 1 saturated heterocycles. The normalized spacial score (nSPS) is 16.3. The third-order valence-corrected chi connectivity index (χ3v) is 4.30. The van der Waals surface area contributed by atoms with Crippen molar-refractivity contribution in [3.05, 3.63) is 29.0 Å². The van der Waals surface area contributed by atoms with E-state index in [2.05, 4.69) is 5.32 Å². The minimum absolute atomic E-state index is 0.0200. The standard InChI is InChI=1S/C17H22ClFN2O2/c1-17(2,3)16(23)21-9-7-11(8-10-21)15(22)20-13-6-4-5-12(18)14(13)19/h4-6,11H,7-10H2,1-3H3,(H,20,22). The Bertz CT molecular complexity index is 605. The Kier molecular flexibility index (Phi) is 5.30. The van der Waals surface area contributed by atoms with Crippen molar-refractivity contribution in [2.75, 3.05) is 18.4 Å². The third-order valence-electron chi connectivity index (χ3n) is 4.00. The monoisotopic (exact) mass is 340 g/mol. The fourth-order valence-electron chi connectivity index (χ4n) is 2.65. The first-order valence-electron chi connectivity index (χ1n) is 7.74. The van der Waals surface area contributed by atoms with E-state index in [1.165, 1.54) is 12.1 Å². The van der Waals surface area contributed by atoms with Crippen LogP contribution in [-0.2, 0) is 9.59 Å². The smallest absolute Gasteiger partial charge is 0.227 e. The molecule has 6 heteroatoms. The Labute approximate surface area is 141 Å². The minimum atomic E-state index is -0.622. The van der Waals surface area contributed by atoms with E-state index < -0.39 is 11.2 Å². The highest BCUT2D eigenvalue weighted by Gasteiger charge is 2.32. The van der Waals surface area contributed by atoms with Gasteiger partial charge in [-0.2, -0.15) is 0 Å². The van der Waals surface area contributed by atoms with Gasteiger partial charge in [0, 0.05) is 24.4 Å². The van der Waals surface area contributed by atoms with Gasteiger partial charge in [0.15, 0.2) is 5.82 Å². The van der Waals surface area contributed by atoms with Crippen LogP contribution in [0, 0.1) is 17.2 Å². The first kappa shape index (κ1) is 17.7. The maximum Gasteiger partial charge on any atom is 0.227 e. The lowest BCUT2D eigenvalue weighted by Crippen LogP contribution is -2.45. The molecule has 1 aromatic carbocycles. The highest BCUT2D eigenvalue weighted by atomic mass is 35.5. The van der Waals surface area contributed by atoms with Crippen molar-refractivity contribution in [3.8, 4) is 0 Å². The SMILES string of the molecule is CC(C)(C)C(=O)N1CCC(C(=O)Nc2cccc(Cl)c2F)CC1. The lowest BCUT2D eigenvalue weighted by atomic mass is 9.90. The number of amides is 2. The summed E-state index contributed by atoms with van der Waals surface area (Å²) in [4.78, 5) is 26.3. The van der Waals surface area contributed by atoms with Crippen LogP contribution in [0.25, 0.3) is 0 Å². The van der Waals surface area contributed by atoms with E-state index in [1.807, 2.05) is 20.8 Å². The number of carbonyl (C=O) groups excluding carboxylic acids is 2. The van der Waals surface area contributed by atoms with Crippen molar-refractivity contribution in [3.63, 3.8) is 0 Å². The molecule has 1 aliphatic rings. The fourth-order valence-corrected chi connectivity index (χ4v) is 2.83. The molecule has 0 saturated carbocycles. The summed E-state index contributed by atoms with van der Waals surface area (Å²) in [6.07, 6.45) is 1.16. The van der Waals surface area contributed by atoms with Crippen LogP contribution in [0.4, 0.5) is 10.1 Å². The molecule has 0 radical (unpaired) electrons. The van der Waals surface area contributed by atoms with Crippen LogP contribution >= 0.6 is 11.6 Å². The number of rotatable bonds is 2. The zero-order chi connectivity index (χ0) is 17.2. The number of benzene rings is 1. The molecule has 0 bridgehead atoms. The summed E-state index contributed by atoms with van der Waals surface area (Å²) < 4.78 is 13.8. The number of carbonyl (C=O) groups is 2. The molecular formula is C17H22ClFN2O2. The molecular weight excluding hydrogens is 319 g/mol. The summed E-state index contributed by atoms with van der Waals surface area (Å²) in [6, 6.07) is 4.51. The topological polar surface area (TPSA) is 49.4 Å². The van der Waals surface area contributed by atoms with Crippen molar-refractivity contribution in [1.29, 1.82) is 0 Å². The average molecular weight is 341 g/mol. The molecule has 0 atom stereocenters. The fraction of sp³-hybridized carbons (Fsp3) is 0.529. The molecule has 0 aliphatic carbocycles. The largest absolute Gasteiger partial charge is 0.342 e. The Balaban J connectivity index is 1.94. The van der Waals surface area contributed by atoms with Gasteiger partial charge in [-0.05, 0) is 25.0 Å². The number of nitrogens with one attached hydrogen (secondary N) is 1. The Morgan fingerprint density at radius 3 is 2.43 bits per heavy atom. The van der Waals surface area contributed by atoms with E-state index in [9.17, 15) is 14.0 Å². The second-order valence-electron chi connectivity index (χ2n) is 6.91. The zero-order valence-corrected chi connectivity index (χ0v) is 14.4. The van der Waals surface area contributed by atoms with Crippen molar-refractivity contribution >= 4 is 29.1 Å². The van der Waals surface area contributed by atoms with Gasteiger partial charge in [0.25, 0.3) is 0 Å². The first-order chi connectivity index (χ1) is 10.7. The van der Waals surface area contributed by atoms with E-state index >= 15 is 0 Å². The molecule has 1 aromatic rings. The lowest BCUT2D eigenvalue weighted by Gasteiger charge is -2.35. The maximum absolute atomic E-state index is 13.8. The van der Waals surface area contributed by atoms with Crippen molar-refractivity contribution in [2.45, 2.75) is 33.6 Å². The first-order valence-corrected chi connectivity index (χ1v) is 8.12. The van der Waals surface area contributed by atoms with Gasteiger partial charge in [0.1, 0.15) is 0 Å². The number of likely N-dealkylation sites (tertiary alicyclic amines) is 1. The Hall–Kier alpha value is -1.62. The summed E-state index contributed by atoms with van der Waals surface area (Å²) in [6.45, 7) is 6.75. The molecule has 0 unspecified atom stereocenters. The lowest BCUT2D eigenvalue weighted by molar-refractivity contribution is -0.142. The summed E-state index contributed by atoms with van der Waals surface area (Å²) in [5.74, 6) is -0.980. The van der Waals surface area contributed by atoms with Crippen molar-refractivity contribution in [1.82, 2.24) is 4.90 Å². The van der Waals surface area contributed by atoms with E-state index in [4.69, 9.17) is 11.6 Å². The van der Waals surface area contributed by atoms with Crippen molar-refractivity contribution in [2.24, 2.45) is 11.3 Å². The van der Waals surface area contributed by atoms with Gasteiger partial charge in [-0.3, -0.25) is 9.59 Å². The molecule has 126 valence electrons. The maximum atomic E-state index is 13.8. The summed E-state index contributed by atoms with van der Waals surface area (Å²) in [7, 11) is 0. The molecule has 2 amide bonds. The molecule has 0 spiro atoms. The molecule has 1 aliphatic heterocycles. The van der Waals surface area contributed by atoms with Gasteiger partial charge in [0.2, 0.25) is 11.8 Å². The number of hydrogen-bond donors (Lipinski definition) is 1. The van der Waals surface area contributed by atoms with E-state index in [0.717, 1.165) is 0 Å². The molecule has 2 rings (SSSR count). The highest BCUT2D eigenvalue weighted by molar-refractivity contribution is 6.31. The van der Waals surface area contributed by atoms with E-state index in [-0.39, 0.29) is 28.4 Å². The van der Waals surface area contributed by atoms with E-state index in [0.29, 0.717) is 25.9 Å². The summed E-state index contributed by atoms with van der Waals surface area (Å²) in [5.41, 5.74) is -0.324. The molecule has 23 heavy (non-hydrogen) atoms. The second kappa shape index (κ2) is 6.87. The molecule has 1 fully saturated rings. The van der Waals surface area contributed by atoms with Gasteiger partial charge < -0.3 is 10.2 Å².